The van der Waals surface area contributed by atoms with Gasteiger partial charge in [-0.05, 0) is 18.2 Å². The Hall–Kier alpha value is -2.39. The number of hydrogen-bond acceptors (Lipinski definition) is 4. The molecule has 0 aromatic heterocycles. The fourth-order valence-electron chi connectivity index (χ4n) is 1.16. The molecule has 0 spiro atoms. The number of nitrogens with two attached hydrogens (primary N) is 1. The molecule has 8 nitrogen and oxygen atoms in total. The van der Waals surface area contributed by atoms with Gasteiger partial charge >= 0.3 is 5.97 Å². The van der Waals surface area contributed by atoms with Crippen molar-refractivity contribution in [1.29, 1.82) is 0 Å². The third-order valence-electron chi connectivity index (χ3n) is 1.77. The zero-order valence-electron chi connectivity index (χ0n) is 9.53. The van der Waals surface area contributed by atoms with Crippen LogP contribution in [0.2, 0.25) is 0 Å². The maximum absolute atomic E-state index is 11.3. The van der Waals surface area contributed by atoms with Gasteiger partial charge in [0.15, 0.2) is 0 Å². The molecule has 0 fully saturated rings. The quantitative estimate of drug-likeness (QED) is 0.559. The highest BCUT2D eigenvalue weighted by molar-refractivity contribution is 7.90. The highest BCUT2D eigenvalue weighted by Crippen LogP contribution is 2.15. The Morgan fingerprint density at radius 3 is 2.42 bits per heavy atom. The maximum Gasteiger partial charge on any atom is 0.328 e. The first-order valence-corrected chi connectivity index (χ1v) is 6.43. The van der Waals surface area contributed by atoms with Gasteiger partial charge in [-0.3, -0.25) is 9.52 Å². The summed E-state index contributed by atoms with van der Waals surface area (Å²) in [5.41, 5.74) is 0.455. The van der Waals surface area contributed by atoms with Gasteiger partial charge in [0.1, 0.15) is 0 Å². The number of benzene rings is 1. The van der Waals surface area contributed by atoms with Crippen molar-refractivity contribution < 1.29 is 23.1 Å². The van der Waals surface area contributed by atoms with Gasteiger partial charge in [-0.2, -0.15) is 8.42 Å². The van der Waals surface area contributed by atoms with E-state index in [1.165, 1.54) is 24.3 Å². The smallest absolute Gasteiger partial charge is 0.328 e. The van der Waals surface area contributed by atoms with Crippen LogP contribution < -0.4 is 15.2 Å². The second-order valence-electron chi connectivity index (χ2n) is 3.39. The first-order chi connectivity index (χ1) is 8.76. The third-order valence-corrected chi connectivity index (χ3v) is 2.29. The van der Waals surface area contributed by atoms with Crippen molar-refractivity contribution in [3.8, 4) is 0 Å². The van der Waals surface area contributed by atoms with Crippen LogP contribution in [0.3, 0.4) is 0 Å². The zero-order valence-corrected chi connectivity index (χ0v) is 10.3. The molecule has 5 N–H and O–H groups in total. The van der Waals surface area contributed by atoms with Gasteiger partial charge in [-0.25, -0.2) is 9.93 Å². The van der Waals surface area contributed by atoms with Crippen LogP contribution in [0, 0.1) is 0 Å². The maximum atomic E-state index is 11.3. The molecule has 19 heavy (non-hydrogen) atoms. The predicted molar refractivity (Wildman–Crippen MR) is 68.6 cm³/mol. The Morgan fingerprint density at radius 2 is 1.84 bits per heavy atom. The van der Waals surface area contributed by atoms with E-state index in [1.54, 1.807) is 0 Å². The Morgan fingerprint density at radius 1 is 1.21 bits per heavy atom. The molecule has 0 heterocycles. The van der Waals surface area contributed by atoms with Gasteiger partial charge in [0, 0.05) is 17.8 Å². The fraction of sp³-hybridized carbons (Fsp3) is 0. The summed E-state index contributed by atoms with van der Waals surface area (Å²) in [6, 6.07) is 5.76. The molecule has 1 aromatic rings. The fourth-order valence-corrected chi connectivity index (χ4v) is 1.61. The summed E-state index contributed by atoms with van der Waals surface area (Å²) in [7, 11) is -3.90. The van der Waals surface area contributed by atoms with E-state index in [4.69, 9.17) is 10.2 Å². The van der Waals surface area contributed by atoms with Gasteiger partial charge in [0.25, 0.3) is 10.2 Å². The summed E-state index contributed by atoms with van der Waals surface area (Å²) in [5.74, 6) is -1.91. The number of carbonyl (C=O) groups is 2. The van der Waals surface area contributed by atoms with E-state index in [1.807, 2.05) is 4.72 Å². The third kappa shape index (κ3) is 6.19. The van der Waals surface area contributed by atoms with E-state index in [9.17, 15) is 18.0 Å². The van der Waals surface area contributed by atoms with E-state index in [2.05, 4.69) is 5.32 Å². The second kappa shape index (κ2) is 5.98. The van der Waals surface area contributed by atoms with Crippen LogP contribution in [0.15, 0.2) is 36.4 Å². The number of aliphatic carboxylic acids is 1. The van der Waals surface area contributed by atoms with Crippen LogP contribution >= 0.6 is 0 Å². The lowest BCUT2D eigenvalue weighted by Crippen LogP contribution is -2.21. The van der Waals surface area contributed by atoms with E-state index in [0.717, 1.165) is 6.08 Å². The lowest BCUT2D eigenvalue weighted by Gasteiger charge is -2.06. The molecular formula is C10H11N3O5S. The predicted octanol–water partition coefficient (Wildman–Crippen LogP) is -0.119. The molecule has 0 bridgehead atoms. The van der Waals surface area contributed by atoms with Gasteiger partial charge in [0.05, 0.1) is 5.69 Å². The molecule has 0 aliphatic carbocycles. The SMILES string of the molecule is NS(=O)(=O)Nc1cccc(NC(=O)/C=C/C(=O)O)c1. The lowest BCUT2D eigenvalue weighted by atomic mass is 10.3. The zero-order chi connectivity index (χ0) is 14.5. The van der Waals surface area contributed by atoms with Crippen molar-refractivity contribution in [1.82, 2.24) is 0 Å². The second-order valence-corrected chi connectivity index (χ2v) is 4.68. The number of nitrogens with one attached hydrogen (secondary N) is 2. The Balaban J connectivity index is 2.77. The summed E-state index contributed by atoms with van der Waals surface area (Å²) >= 11 is 0. The Labute approximate surface area is 109 Å². The minimum atomic E-state index is -3.90. The molecular weight excluding hydrogens is 274 g/mol. The van der Waals surface area contributed by atoms with Crippen LogP contribution in [0.4, 0.5) is 11.4 Å². The average Bonchev–Trinajstić information content (AvgIpc) is 2.24. The highest BCUT2D eigenvalue weighted by Gasteiger charge is 2.04. The first kappa shape index (κ1) is 14.7. The largest absolute Gasteiger partial charge is 0.478 e. The molecule has 1 rings (SSSR count). The number of amides is 1. The standard InChI is InChI=1S/C10H11N3O5S/c11-19(17,18)13-8-3-1-2-7(6-8)12-9(14)4-5-10(15)16/h1-6,13H,(H,12,14)(H,15,16)(H2,11,17,18)/b5-4+. The van der Waals surface area contributed by atoms with Crippen LogP contribution in [-0.2, 0) is 19.8 Å². The molecule has 0 saturated carbocycles. The normalized spacial score (nSPS) is 11.2. The minimum Gasteiger partial charge on any atom is -0.478 e. The summed E-state index contributed by atoms with van der Waals surface area (Å²) in [5, 5.41) is 15.5. The number of rotatable bonds is 5. The Bertz CT molecular complexity index is 624. The number of hydrogen-bond donors (Lipinski definition) is 4. The number of carboxylic acid groups (broad SMARTS) is 1. The van der Waals surface area contributed by atoms with Gasteiger partial charge in [0.2, 0.25) is 5.91 Å². The summed E-state index contributed by atoms with van der Waals surface area (Å²) < 4.78 is 23.7. The summed E-state index contributed by atoms with van der Waals surface area (Å²) in [6.07, 6.45) is 1.52. The van der Waals surface area contributed by atoms with Crippen molar-refractivity contribution in [3.63, 3.8) is 0 Å². The number of anilines is 2. The first-order valence-electron chi connectivity index (χ1n) is 4.89. The molecule has 102 valence electrons. The van der Waals surface area contributed by atoms with E-state index in [-0.39, 0.29) is 11.4 Å². The van der Waals surface area contributed by atoms with Crippen LogP contribution in [0.25, 0.3) is 0 Å². The molecule has 9 heteroatoms. The molecule has 0 atom stereocenters. The van der Waals surface area contributed by atoms with Crippen molar-refractivity contribution in [2.45, 2.75) is 0 Å². The van der Waals surface area contributed by atoms with Crippen molar-refractivity contribution in [2.75, 3.05) is 10.0 Å². The van der Waals surface area contributed by atoms with E-state index in [0.29, 0.717) is 6.08 Å². The van der Waals surface area contributed by atoms with Crippen LogP contribution in [0.5, 0.6) is 0 Å². The number of carbonyl (C=O) groups excluding carboxylic acids is 1. The van der Waals surface area contributed by atoms with E-state index >= 15 is 0 Å². The summed E-state index contributed by atoms with van der Waals surface area (Å²) in [6.45, 7) is 0. The van der Waals surface area contributed by atoms with Gasteiger partial charge in [-0.1, -0.05) is 6.07 Å². The average molecular weight is 285 g/mol. The van der Waals surface area contributed by atoms with Crippen LogP contribution in [-0.4, -0.2) is 25.4 Å². The molecule has 1 aromatic carbocycles. The Kier molecular flexibility index (Phi) is 4.62. The molecule has 1 amide bonds. The van der Waals surface area contributed by atoms with Crippen molar-refractivity contribution in [3.05, 3.63) is 36.4 Å². The van der Waals surface area contributed by atoms with Crippen molar-refractivity contribution >= 4 is 33.5 Å². The molecule has 0 aliphatic heterocycles. The van der Waals surface area contributed by atoms with Gasteiger partial charge in [-0.15, -0.1) is 0 Å². The molecule has 0 aliphatic rings. The topological polar surface area (TPSA) is 139 Å². The minimum absolute atomic E-state index is 0.169. The van der Waals surface area contributed by atoms with Crippen LogP contribution in [0.1, 0.15) is 0 Å². The van der Waals surface area contributed by atoms with Crippen molar-refractivity contribution in [2.24, 2.45) is 5.14 Å². The van der Waals surface area contributed by atoms with E-state index < -0.39 is 22.1 Å². The van der Waals surface area contributed by atoms with Gasteiger partial charge < -0.3 is 10.4 Å². The molecule has 0 unspecified atom stereocenters. The monoisotopic (exact) mass is 285 g/mol. The highest BCUT2D eigenvalue weighted by atomic mass is 32.2. The molecule has 0 radical (unpaired) electrons. The number of carboxylic acids is 1. The lowest BCUT2D eigenvalue weighted by molar-refractivity contribution is -0.131. The molecule has 0 saturated heterocycles. The summed E-state index contributed by atoms with van der Waals surface area (Å²) in [4.78, 5) is 21.5.